The van der Waals surface area contributed by atoms with Crippen molar-refractivity contribution in [2.75, 3.05) is 11.9 Å². The molecule has 0 aromatic heterocycles. The van der Waals surface area contributed by atoms with Crippen molar-refractivity contribution in [3.05, 3.63) is 131 Å². The minimum Gasteiger partial charge on any atom is -0.456 e. The monoisotopic (exact) mass is 820 g/mol. The summed E-state index contributed by atoms with van der Waals surface area (Å²) in [5.74, 6) is 2.19. The van der Waals surface area contributed by atoms with Crippen molar-refractivity contribution < 1.29 is 19.1 Å². The van der Waals surface area contributed by atoms with Gasteiger partial charge in [-0.05, 0) is 142 Å². The summed E-state index contributed by atoms with van der Waals surface area (Å²) in [6.45, 7) is 16.6. The van der Waals surface area contributed by atoms with E-state index in [2.05, 4.69) is 77.6 Å². The lowest BCUT2D eigenvalue weighted by atomic mass is 10.0. The average molecular weight is 823 g/mol. The molecule has 0 aliphatic carbocycles. The summed E-state index contributed by atoms with van der Waals surface area (Å²) in [7, 11) is 0. The molecule has 3 heterocycles. The molecule has 6 nitrogen and oxygen atoms in total. The first-order valence-corrected chi connectivity index (χ1v) is 17.5. The summed E-state index contributed by atoms with van der Waals surface area (Å²) >= 11 is 10.9. The Hall–Kier alpha value is -3.66. The van der Waals surface area contributed by atoms with Crippen LogP contribution in [0.3, 0.4) is 0 Å². The van der Waals surface area contributed by atoms with Crippen LogP contribution < -0.4 is 20.1 Å². The number of hydrogen-bond acceptors (Lipinski definition) is 4. The van der Waals surface area contributed by atoms with Gasteiger partial charge in [-0.25, -0.2) is 0 Å². The summed E-state index contributed by atoms with van der Waals surface area (Å²) in [5, 5.41) is 5.97. The van der Waals surface area contributed by atoms with Crippen molar-refractivity contribution >= 4 is 65.3 Å². The van der Waals surface area contributed by atoms with Crippen LogP contribution in [0.1, 0.15) is 38.9 Å². The molecule has 0 fully saturated rings. The molecule has 4 aromatic rings. The Balaban J connectivity index is 1.49. The maximum Gasteiger partial charge on any atom is 0.251 e. The summed E-state index contributed by atoms with van der Waals surface area (Å²) < 4.78 is 15.1. The van der Waals surface area contributed by atoms with E-state index in [1.54, 1.807) is 12.1 Å². The molecule has 2 amide bonds. The third kappa shape index (κ3) is 8.26. The smallest absolute Gasteiger partial charge is 0.251 e. The van der Waals surface area contributed by atoms with Crippen LogP contribution in [-0.4, -0.2) is 18.4 Å². The second-order valence-electron chi connectivity index (χ2n) is 11.8. The topological polar surface area (TPSA) is 76.7 Å². The van der Waals surface area contributed by atoms with Gasteiger partial charge in [-0.3, -0.25) is 9.59 Å². The highest BCUT2D eigenvalue weighted by atomic mass is 79.9. The molecule has 0 saturated carbocycles. The van der Waals surface area contributed by atoms with Crippen LogP contribution in [0.2, 0.25) is 0 Å². The zero-order valence-electron chi connectivity index (χ0n) is 26.7. The number of halogens is 3. The Bertz CT molecular complexity index is 1930. The van der Waals surface area contributed by atoms with Gasteiger partial charge in [0.1, 0.15) is 23.0 Å². The van der Waals surface area contributed by atoms with E-state index < -0.39 is 0 Å². The van der Waals surface area contributed by atoms with Crippen molar-refractivity contribution in [1.82, 2.24) is 5.32 Å². The number of nitrogens with one attached hydrogen (secondary N) is 2. The molecule has 2 N–H and O–H groups in total. The molecule has 3 aliphatic heterocycles. The maximum absolute atomic E-state index is 13.1. The number of aryl methyl sites for hydroxylation is 2. The van der Waals surface area contributed by atoms with E-state index in [4.69, 9.17) is 9.47 Å². The molecule has 9 heteroatoms. The number of anilines is 1. The number of amides is 2. The third-order valence-corrected chi connectivity index (χ3v) is 10.2. The van der Waals surface area contributed by atoms with Gasteiger partial charge in [0.05, 0.1) is 8.95 Å². The number of rotatable bonds is 0. The number of ether oxygens (including phenoxy) is 2. The SMILES string of the molecule is C=C1Cc2cc(Br)c(C)c(c2)Oc2c(C)cc(cc2Br)CC(=C)C(=O)Nc2ccc(c(Br)c2)Oc2cc(cc(C)c2C)CCNC1=O. The average Bonchev–Trinajstić information content (AvgIpc) is 3.00. The lowest BCUT2D eigenvalue weighted by Gasteiger charge is -2.17. The van der Waals surface area contributed by atoms with Gasteiger partial charge in [-0.15, -0.1) is 0 Å². The fourth-order valence-corrected chi connectivity index (χ4v) is 6.94. The van der Waals surface area contributed by atoms with Gasteiger partial charge in [0.25, 0.3) is 5.91 Å². The largest absolute Gasteiger partial charge is 0.456 e. The summed E-state index contributed by atoms with van der Waals surface area (Å²) in [6.07, 6.45) is 1.33. The molecule has 0 saturated heterocycles. The minimum atomic E-state index is -0.272. The van der Waals surface area contributed by atoms with Crippen LogP contribution in [0.4, 0.5) is 5.69 Å². The number of carbonyl (C=O) groups is 2. The molecule has 3 aliphatic rings. The van der Waals surface area contributed by atoms with Crippen molar-refractivity contribution in [3.63, 3.8) is 0 Å². The number of fused-ring (bicyclic) bond motifs is 2. The summed E-state index contributed by atoms with van der Waals surface area (Å²) in [6, 6.07) is 17.4. The zero-order chi connectivity index (χ0) is 34.0. The van der Waals surface area contributed by atoms with Crippen LogP contribution in [0.15, 0.2) is 92.3 Å². The van der Waals surface area contributed by atoms with Gasteiger partial charge in [-0.2, -0.15) is 0 Å². The van der Waals surface area contributed by atoms with E-state index in [9.17, 15) is 9.59 Å². The first-order valence-electron chi connectivity index (χ1n) is 15.1. The Morgan fingerprint density at radius 3 is 1.96 bits per heavy atom. The Morgan fingerprint density at radius 2 is 1.26 bits per heavy atom. The first-order chi connectivity index (χ1) is 22.3. The van der Waals surface area contributed by atoms with E-state index in [1.807, 2.05) is 64.1 Å². The predicted octanol–water partition coefficient (Wildman–Crippen LogP) is 10.3. The summed E-state index contributed by atoms with van der Waals surface area (Å²) in [5.41, 5.74) is 8.24. The molecule has 0 spiro atoms. The highest BCUT2D eigenvalue weighted by molar-refractivity contribution is 9.11. The van der Waals surface area contributed by atoms with Crippen molar-refractivity contribution in [1.29, 1.82) is 0 Å². The zero-order valence-corrected chi connectivity index (χ0v) is 31.5. The highest BCUT2D eigenvalue weighted by Crippen LogP contribution is 2.39. The lowest BCUT2D eigenvalue weighted by molar-refractivity contribution is -0.117. The van der Waals surface area contributed by atoms with Gasteiger partial charge in [0, 0.05) is 46.3 Å². The Labute approximate surface area is 301 Å². The van der Waals surface area contributed by atoms with E-state index in [-0.39, 0.29) is 11.8 Å². The first kappa shape index (κ1) is 34.7. The van der Waals surface area contributed by atoms with Crippen LogP contribution in [-0.2, 0) is 28.9 Å². The van der Waals surface area contributed by atoms with Gasteiger partial charge in [0.2, 0.25) is 5.91 Å². The highest BCUT2D eigenvalue weighted by Gasteiger charge is 2.18. The lowest BCUT2D eigenvalue weighted by Crippen LogP contribution is -2.27. The molecule has 242 valence electrons. The van der Waals surface area contributed by atoms with Gasteiger partial charge < -0.3 is 20.1 Å². The molecular weight excluding hydrogens is 788 g/mol. The molecule has 8 bridgehead atoms. The molecular formula is C38H35Br3N2O4. The van der Waals surface area contributed by atoms with Crippen molar-refractivity contribution in [3.8, 4) is 23.0 Å². The second kappa shape index (κ2) is 14.6. The van der Waals surface area contributed by atoms with Gasteiger partial charge in [-0.1, -0.05) is 41.2 Å². The van der Waals surface area contributed by atoms with Crippen LogP contribution >= 0.6 is 47.8 Å². The molecule has 47 heavy (non-hydrogen) atoms. The van der Waals surface area contributed by atoms with Crippen molar-refractivity contribution in [2.24, 2.45) is 0 Å². The third-order valence-electron chi connectivity index (χ3n) is 8.12. The standard InChI is InChI=1S/C38H35Br3N2O4/c1-20-11-26-9-10-42-37(44)22(3)13-28-15-30(39)25(6)35(18-28)47-36-21(2)12-27(16-32(36)41)14-23(4)38(45)43-29-7-8-33(31(40)19-29)46-34(17-26)24(20)5/h7-8,11-12,15-19H,3-4,9-10,13-14H2,1-2,5-6H3,(H,42,44)(H,43,45). The number of carbonyl (C=O) groups excluding carboxylic acids is 2. The van der Waals surface area contributed by atoms with E-state index in [1.165, 1.54) is 0 Å². The molecule has 0 unspecified atom stereocenters. The van der Waals surface area contributed by atoms with Crippen LogP contribution in [0.5, 0.6) is 23.0 Å². The van der Waals surface area contributed by atoms with E-state index in [0.717, 1.165) is 53.6 Å². The Kier molecular flexibility index (Phi) is 10.8. The molecule has 4 aromatic carbocycles. The predicted molar refractivity (Wildman–Crippen MR) is 199 cm³/mol. The fourth-order valence-electron chi connectivity index (χ4n) is 5.31. The second-order valence-corrected chi connectivity index (χ2v) is 14.4. The van der Waals surface area contributed by atoms with Gasteiger partial charge in [0.15, 0.2) is 0 Å². The number of benzene rings is 4. The maximum atomic E-state index is 13.1. The van der Waals surface area contributed by atoms with E-state index >= 15 is 0 Å². The fraction of sp³-hybridized carbons (Fsp3) is 0.211. The minimum absolute atomic E-state index is 0.196. The normalized spacial score (nSPS) is 14.4. The van der Waals surface area contributed by atoms with Crippen LogP contribution in [0.25, 0.3) is 0 Å². The van der Waals surface area contributed by atoms with Crippen LogP contribution in [0, 0.1) is 27.7 Å². The van der Waals surface area contributed by atoms with Gasteiger partial charge >= 0.3 is 0 Å². The Morgan fingerprint density at radius 1 is 0.638 bits per heavy atom. The van der Waals surface area contributed by atoms with E-state index in [0.29, 0.717) is 64.4 Å². The molecule has 7 rings (SSSR count). The van der Waals surface area contributed by atoms with Crippen molar-refractivity contribution in [2.45, 2.75) is 47.0 Å². The molecule has 0 radical (unpaired) electrons. The number of hydrogen-bond donors (Lipinski definition) is 2. The summed E-state index contributed by atoms with van der Waals surface area (Å²) in [4.78, 5) is 26.2. The quantitative estimate of drug-likeness (QED) is 0.173. The molecule has 0 atom stereocenters.